The minimum Gasteiger partial charge on any atom is -0.411 e. The van der Waals surface area contributed by atoms with E-state index in [0.29, 0.717) is 12.8 Å². The summed E-state index contributed by atoms with van der Waals surface area (Å²) >= 11 is 0. The molecule has 0 aromatic rings. The molecule has 4 nitrogen and oxygen atoms in total. The van der Waals surface area contributed by atoms with E-state index < -0.39 is 12.2 Å². The normalized spacial score (nSPS) is 13.6. The van der Waals surface area contributed by atoms with Gasteiger partial charge in [-0.1, -0.05) is 109 Å². The van der Waals surface area contributed by atoms with Crippen molar-refractivity contribution < 1.29 is 15.4 Å². The van der Waals surface area contributed by atoms with Gasteiger partial charge in [0.2, 0.25) is 0 Å². The first-order valence-electron chi connectivity index (χ1n) is 10.7. The summed E-state index contributed by atoms with van der Waals surface area (Å²) in [4.78, 5) is 0. The average Bonchev–Trinajstić information content (AvgIpc) is 2.60. The van der Waals surface area contributed by atoms with E-state index in [4.69, 9.17) is 5.21 Å². The topological polar surface area (TPSA) is 73.1 Å². The summed E-state index contributed by atoms with van der Waals surface area (Å²) in [7, 11) is 0. The SMILES string of the molecule is CCCCCCCCCC(O)C(=NO)C(O)CCCCCCCCC. The van der Waals surface area contributed by atoms with Crippen molar-refractivity contribution in [1.29, 1.82) is 0 Å². The molecule has 0 radical (unpaired) electrons. The molecule has 0 amide bonds. The lowest BCUT2D eigenvalue weighted by atomic mass is 9.98. The lowest BCUT2D eigenvalue weighted by Gasteiger charge is -2.17. The Morgan fingerprint density at radius 3 is 1.24 bits per heavy atom. The van der Waals surface area contributed by atoms with E-state index in [9.17, 15) is 10.2 Å². The van der Waals surface area contributed by atoms with Crippen LogP contribution < -0.4 is 0 Å². The molecule has 0 aliphatic rings. The number of unbranched alkanes of at least 4 members (excludes halogenated alkanes) is 12. The zero-order chi connectivity index (χ0) is 18.8. The van der Waals surface area contributed by atoms with Crippen molar-refractivity contribution in [3.8, 4) is 0 Å². The van der Waals surface area contributed by atoms with Gasteiger partial charge >= 0.3 is 0 Å². The van der Waals surface area contributed by atoms with Gasteiger partial charge in [-0.25, -0.2) is 0 Å². The van der Waals surface area contributed by atoms with E-state index in [2.05, 4.69) is 19.0 Å². The molecule has 0 rings (SSSR count). The molecule has 0 aliphatic heterocycles. The highest BCUT2D eigenvalue weighted by Crippen LogP contribution is 2.14. The Kier molecular flexibility index (Phi) is 17.7. The highest BCUT2D eigenvalue weighted by Gasteiger charge is 2.21. The highest BCUT2D eigenvalue weighted by molar-refractivity contribution is 5.91. The van der Waals surface area contributed by atoms with Crippen LogP contribution in [0.4, 0.5) is 0 Å². The van der Waals surface area contributed by atoms with Crippen molar-refractivity contribution in [3.05, 3.63) is 0 Å². The number of oxime groups is 1. The lowest BCUT2D eigenvalue weighted by Crippen LogP contribution is -2.32. The van der Waals surface area contributed by atoms with E-state index in [1.54, 1.807) is 0 Å². The number of aliphatic hydroxyl groups excluding tert-OH is 2. The van der Waals surface area contributed by atoms with Crippen LogP contribution in [0.3, 0.4) is 0 Å². The van der Waals surface area contributed by atoms with Crippen LogP contribution in [0.2, 0.25) is 0 Å². The van der Waals surface area contributed by atoms with Gasteiger partial charge in [0.05, 0.1) is 12.2 Å². The molecule has 0 aromatic carbocycles. The second-order valence-corrected chi connectivity index (χ2v) is 7.38. The Bertz CT molecular complexity index is 282. The maximum atomic E-state index is 10.2. The second kappa shape index (κ2) is 18.2. The van der Waals surface area contributed by atoms with Crippen molar-refractivity contribution in [2.45, 2.75) is 129 Å². The summed E-state index contributed by atoms with van der Waals surface area (Å²) < 4.78 is 0. The summed E-state index contributed by atoms with van der Waals surface area (Å²) in [5.41, 5.74) is 0.150. The lowest BCUT2D eigenvalue weighted by molar-refractivity contribution is 0.167. The summed E-state index contributed by atoms with van der Waals surface area (Å²) in [6.45, 7) is 4.42. The summed E-state index contributed by atoms with van der Waals surface area (Å²) in [6.07, 6.45) is 16.1. The number of hydrogen-bond donors (Lipinski definition) is 3. The van der Waals surface area contributed by atoms with E-state index in [0.717, 1.165) is 25.7 Å². The molecule has 2 atom stereocenters. The fourth-order valence-electron chi connectivity index (χ4n) is 3.24. The Balaban J connectivity index is 3.78. The van der Waals surface area contributed by atoms with Crippen molar-refractivity contribution in [3.63, 3.8) is 0 Å². The van der Waals surface area contributed by atoms with E-state index in [1.165, 1.54) is 64.2 Å². The third-order valence-electron chi connectivity index (χ3n) is 4.96. The molecule has 2 unspecified atom stereocenters. The first-order valence-corrected chi connectivity index (χ1v) is 10.7. The average molecular weight is 358 g/mol. The molecule has 0 fully saturated rings. The molecule has 4 heteroatoms. The molecule has 3 N–H and O–H groups in total. The minimum atomic E-state index is -0.819. The van der Waals surface area contributed by atoms with Crippen LogP contribution in [0.5, 0.6) is 0 Å². The third-order valence-corrected chi connectivity index (χ3v) is 4.96. The molecular formula is C21H43NO3. The van der Waals surface area contributed by atoms with Crippen molar-refractivity contribution in [1.82, 2.24) is 0 Å². The van der Waals surface area contributed by atoms with Gasteiger partial charge in [0.25, 0.3) is 0 Å². The maximum absolute atomic E-state index is 10.2. The first kappa shape index (κ1) is 24.4. The zero-order valence-corrected chi connectivity index (χ0v) is 16.8. The zero-order valence-electron chi connectivity index (χ0n) is 16.8. The van der Waals surface area contributed by atoms with Gasteiger partial charge in [-0.05, 0) is 12.8 Å². The Labute approximate surface area is 155 Å². The largest absolute Gasteiger partial charge is 0.411 e. The molecule has 0 saturated heterocycles. The van der Waals surface area contributed by atoms with Crippen LogP contribution in [0.1, 0.15) is 117 Å². The van der Waals surface area contributed by atoms with E-state index in [1.807, 2.05) is 0 Å². The summed E-state index contributed by atoms with van der Waals surface area (Å²) in [6, 6.07) is 0. The van der Waals surface area contributed by atoms with Crippen LogP contribution in [-0.2, 0) is 0 Å². The molecule has 0 spiro atoms. The standard InChI is InChI=1S/C21H43NO3/c1-3-5-7-9-11-13-15-17-19(23)21(22-25)20(24)18-16-14-12-10-8-6-4-2/h19-20,23-25H,3-18H2,1-2H3. The van der Waals surface area contributed by atoms with Crippen molar-refractivity contribution in [2.24, 2.45) is 5.16 Å². The van der Waals surface area contributed by atoms with Gasteiger partial charge in [0.1, 0.15) is 5.71 Å². The molecular weight excluding hydrogens is 314 g/mol. The molecule has 0 bridgehead atoms. The van der Waals surface area contributed by atoms with Gasteiger partial charge in [0, 0.05) is 0 Å². The van der Waals surface area contributed by atoms with Gasteiger partial charge in [-0.3, -0.25) is 0 Å². The van der Waals surface area contributed by atoms with Gasteiger partial charge in [0.15, 0.2) is 0 Å². The van der Waals surface area contributed by atoms with E-state index in [-0.39, 0.29) is 5.71 Å². The fourth-order valence-corrected chi connectivity index (χ4v) is 3.24. The van der Waals surface area contributed by atoms with Gasteiger partial charge in [-0.15, -0.1) is 0 Å². The third kappa shape index (κ3) is 14.3. The van der Waals surface area contributed by atoms with E-state index >= 15 is 0 Å². The van der Waals surface area contributed by atoms with Crippen LogP contribution in [0, 0.1) is 0 Å². The molecule has 0 aromatic heterocycles. The Hall–Kier alpha value is -0.610. The number of hydrogen-bond acceptors (Lipinski definition) is 4. The Morgan fingerprint density at radius 2 is 0.920 bits per heavy atom. The fraction of sp³-hybridized carbons (Fsp3) is 0.952. The summed E-state index contributed by atoms with van der Waals surface area (Å²) in [5.74, 6) is 0. The van der Waals surface area contributed by atoms with Crippen LogP contribution in [0.15, 0.2) is 5.16 Å². The first-order chi connectivity index (χ1) is 12.2. The molecule has 0 heterocycles. The van der Waals surface area contributed by atoms with Crippen LogP contribution >= 0.6 is 0 Å². The number of nitrogens with zero attached hydrogens (tertiary/aromatic N) is 1. The van der Waals surface area contributed by atoms with Crippen molar-refractivity contribution in [2.75, 3.05) is 0 Å². The van der Waals surface area contributed by atoms with Crippen LogP contribution in [-0.4, -0.2) is 33.3 Å². The van der Waals surface area contributed by atoms with Crippen LogP contribution in [0.25, 0.3) is 0 Å². The second-order valence-electron chi connectivity index (χ2n) is 7.38. The minimum absolute atomic E-state index is 0.150. The predicted octanol–water partition coefficient (Wildman–Crippen LogP) is 5.82. The smallest absolute Gasteiger partial charge is 0.114 e. The van der Waals surface area contributed by atoms with Gasteiger partial charge < -0.3 is 15.4 Å². The predicted molar refractivity (Wildman–Crippen MR) is 106 cm³/mol. The maximum Gasteiger partial charge on any atom is 0.114 e. The molecule has 150 valence electrons. The Morgan fingerprint density at radius 1 is 0.600 bits per heavy atom. The molecule has 0 aliphatic carbocycles. The van der Waals surface area contributed by atoms with Crippen molar-refractivity contribution >= 4 is 5.71 Å². The number of aliphatic hydroxyl groups is 2. The molecule has 25 heavy (non-hydrogen) atoms. The summed E-state index contributed by atoms with van der Waals surface area (Å²) in [5, 5.41) is 32.7. The monoisotopic (exact) mass is 357 g/mol. The van der Waals surface area contributed by atoms with Gasteiger partial charge in [-0.2, -0.15) is 0 Å². The molecule has 0 saturated carbocycles. The highest BCUT2D eigenvalue weighted by atomic mass is 16.4. The number of rotatable bonds is 18. The quantitative estimate of drug-likeness (QED) is 0.125.